The third kappa shape index (κ3) is 4.03. The number of aromatic nitrogens is 4. The summed E-state index contributed by atoms with van der Waals surface area (Å²) in [6.45, 7) is 8.79. The molecule has 2 aliphatic rings. The van der Waals surface area contributed by atoms with Crippen molar-refractivity contribution >= 4 is 28.3 Å². The fourth-order valence-corrected chi connectivity index (χ4v) is 5.18. The van der Waals surface area contributed by atoms with Gasteiger partial charge in [-0.3, -0.25) is 9.89 Å². The van der Waals surface area contributed by atoms with Crippen molar-refractivity contribution in [2.75, 3.05) is 43.1 Å². The van der Waals surface area contributed by atoms with Crippen LogP contribution in [0.1, 0.15) is 23.2 Å². The van der Waals surface area contributed by atoms with Crippen LogP contribution < -0.4 is 14.5 Å². The SMILES string of the molecule is C=CC(=O)N1CCN(c2nc(OC)nc3c2CCN(c2c(C)ccc4cn[nH]c24)C3)CC1CC#N. The van der Waals surface area contributed by atoms with E-state index >= 15 is 0 Å². The van der Waals surface area contributed by atoms with Crippen molar-refractivity contribution in [1.82, 2.24) is 25.1 Å². The van der Waals surface area contributed by atoms with Crippen molar-refractivity contribution in [3.8, 4) is 12.1 Å². The van der Waals surface area contributed by atoms with E-state index in [9.17, 15) is 10.1 Å². The van der Waals surface area contributed by atoms with Crippen molar-refractivity contribution in [2.45, 2.75) is 32.4 Å². The highest BCUT2D eigenvalue weighted by atomic mass is 16.5. The van der Waals surface area contributed by atoms with Gasteiger partial charge in [-0.1, -0.05) is 18.7 Å². The Hall–Kier alpha value is -4.13. The number of anilines is 2. The second-order valence-corrected chi connectivity index (χ2v) is 8.89. The summed E-state index contributed by atoms with van der Waals surface area (Å²) in [4.78, 5) is 28.0. The molecule has 0 radical (unpaired) electrons. The number of piperazine rings is 1. The fraction of sp³-hybridized carbons (Fsp3) is 0.400. The number of benzene rings is 1. The van der Waals surface area contributed by atoms with Gasteiger partial charge in [-0.2, -0.15) is 20.3 Å². The number of amides is 1. The molecule has 1 aromatic carbocycles. The molecule has 2 aromatic heterocycles. The van der Waals surface area contributed by atoms with E-state index in [0.29, 0.717) is 32.2 Å². The van der Waals surface area contributed by atoms with E-state index < -0.39 is 0 Å². The van der Waals surface area contributed by atoms with E-state index in [1.54, 1.807) is 12.0 Å². The number of nitrogens with zero attached hydrogens (tertiary/aromatic N) is 7. The number of ether oxygens (including phenoxy) is 1. The average molecular weight is 473 g/mol. The molecule has 0 saturated carbocycles. The third-order valence-corrected chi connectivity index (χ3v) is 6.88. The molecule has 0 bridgehead atoms. The zero-order chi connectivity index (χ0) is 24.5. The summed E-state index contributed by atoms with van der Waals surface area (Å²) in [6.07, 6.45) is 4.18. The highest BCUT2D eigenvalue weighted by molar-refractivity contribution is 5.92. The number of H-pyrrole nitrogens is 1. The quantitative estimate of drug-likeness (QED) is 0.563. The molecular weight excluding hydrogens is 444 g/mol. The Balaban J connectivity index is 1.48. The second-order valence-electron chi connectivity index (χ2n) is 8.89. The highest BCUT2D eigenvalue weighted by Gasteiger charge is 2.33. The van der Waals surface area contributed by atoms with E-state index in [-0.39, 0.29) is 18.4 Å². The summed E-state index contributed by atoms with van der Waals surface area (Å²) in [6, 6.07) is 6.51. The Morgan fingerprint density at radius 1 is 1.31 bits per heavy atom. The molecule has 3 aromatic rings. The first-order valence-electron chi connectivity index (χ1n) is 11.7. The van der Waals surface area contributed by atoms with Gasteiger partial charge < -0.3 is 19.4 Å². The monoisotopic (exact) mass is 472 g/mol. The number of nitrogens with one attached hydrogen (secondary N) is 1. The fourth-order valence-electron chi connectivity index (χ4n) is 5.18. The number of hydrogen-bond acceptors (Lipinski definition) is 8. The number of carbonyl (C=O) groups excluding carboxylic acids is 1. The van der Waals surface area contributed by atoms with Crippen LogP contribution in [0.4, 0.5) is 11.5 Å². The van der Waals surface area contributed by atoms with Crippen molar-refractivity contribution in [1.29, 1.82) is 5.26 Å². The van der Waals surface area contributed by atoms with E-state index in [0.717, 1.165) is 46.6 Å². The molecule has 1 N–H and O–H groups in total. The lowest BCUT2D eigenvalue weighted by Crippen LogP contribution is -2.55. The number of nitriles is 1. The van der Waals surface area contributed by atoms with E-state index in [1.807, 2.05) is 6.20 Å². The van der Waals surface area contributed by atoms with Gasteiger partial charge in [0.05, 0.1) is 55.3 Å². The predicted octanol–water partition coefficient (Wildman–Crippen LogP) is 2.35. The number of rotatable bonds is 5. The molecule has 10 nitrogen and oxygen atoms in total. The Kier molecular flexibility index (Phi) is 5.99. The summed E-state index contributed by atoms with van der Waals surface area (Å²) < 4.78 is 5.47. The molecule has 4 heterocycles. The van der Waals surface area contributed by atoms with Gasteiger partial charge in [-0.15, -0.1) is 0 Å². The van der Waals surface area contributed by atoms with Gasteiger partial charge in [0.15, 0.2) is 0 Å². The molecule has 1 fully saturated rings. The molecule has 0 aliphatic carbocycles. The summed E-state index contributed by atoms with van der Waals surface area (Å²) >= 11 is 0. The lowest BCUT2D eigenvalue weighted by molar-refractivity contribution is -0.128. The first-order valence-corrected chi connectivity index (χ1v) is 11.7. The van der Waals surface area contributed by atoms with Crippen LogP contribution in [0.25, 0.3) is 10.9 Å². The van der Waals surface area contributed by atoms with Crippen LogP contribution in [-0.4, -0.2) is 70.3 Å². The standard InChI is InChI=1S/C25H28N8O2/c1-4-21(34)33-12-11-32(14-18(33)7-9-26)24-19-8-10-31(15-20(19)28-25(29-24)35-3)23-16(2)5-6-17-13-27-30-22(17)23/h4-6,13,18H,1,7-8,10-12,14-15H2,2-3H3,(H,27,30). The molecule has 1 atom stereocenters. The van der Waals surface area contributed by atoms with Crippen LogP contribution in [0.15, 0.2) is 31.0 Å². The minimum atomic E-state index is -0.225. The van der Waals surface area contributed by atoms with Crippen LogP contribution in [0.2, 0.25) is 0 Å². The van der Waals surface area contributed by atoms with Gasteiger partial charge in [-0.05, 0) is 25.0 Å². The zero-order valence-electron chi connectivity index (χ0n) is 20.0. The van der Waals surface area contributed by atoms with Gasteiger partial charge in [-0.25, -0.2) is 0 Å². The van der Waals surface area contributed by atoms with Crippen molar-refractivity contribution in [2.24, 2.45) is 0 Å². The summed E-state index contributed by atoms with van der Waals surface area (Å²) in [5.41, 5.74) is 5.35. The van der Waals surface area contributed by atoms with Crippen LogP contribution in [0.3, 0.4) is 0 Å². The molecule has 1 amide bonds. The highest BCUT2D eigenvalue weighted by Crippen LogP contribution is 2.35. The van der Waals surface area contributed by atoms with Crippen molar-refractivity contribution < 1.29 is 9.53 Å². The minimum Gasteiger partial charge on any atom is -0.467 e. The normalized spacial score (nSPS) is 17.7. The molecule has 0 spiro atoms. The van der Waals surface area contributed by atoms with E-state index in [4.69, 9.17) is 14.7 Å². The van der Waals surface area contributed by atoms with Crippen LogP contribution in [0, 0.1) is 18.3 Å². The molecule has 180 valence electrons. The molecule has 2 aliphatic heterocycles. The van der Waals surface area contributed by atoms with Gasteiger partial charge in [0.1, 0.15) is 5.82 Å². The number of aryl methyl sites for hydroxylation is 1. The summed E-state index contributed by atoms with van der Waals surface area (Å²) in [5, 5.41) is 17.8. The number of aromatic amines is 1. The number of carbonyl (C=O) groups is 1. The van der Waals surface area contributed by atoms with Crippen molar-refractivity contribution in [3.05, 3.63) is 47.8 Å². The van der Waals surface area contributed by atoms with Crippen LogP contribution in [0.5, 0.6) is 6.01 Å². The van der Waals surface area contributed by atoms with Gasteiger partial charge in [0.25, 0.3) is 0 Å². The lowest BCUT2D eigenvalue weighted by atomic mass is 10.0. The largest absolute Gasteiger partial charge is 0.467 e. The van der Waals surface area contributed by atoms with Gasteiger partial charge in [0.2, 0.25) is 5.91 Å². The third-order valence-electron chi connectivity index (χ3n) is 6.88. The Labute approximate surface area is 203 Å². The van der Waals surface area contributed by atoms with Crippen LogP contribution in [-0.2, 0) is 17.8 Å². The average Bonchev–Trinajstić information content (AvgIpc) is 3.36. The summed E-state index contributed by atoms with van der Waals surface area (Å²) in [5.74, 6) is 0.683. The molecule has 1 saturated heterocycles. The molecule has 35 heavy (non-hydrogen) atoms. The van der Waals surface area contributed by atoms with E-state index in [1.165, 1.54) is 11.6 Å². The first-order chi connectivity index (χ1) is 17.0. The predicted molar refractivity (Wildman–Crippen MR) is 132 cm³/mol. The van der Waals surface area contributed by atoms with E-state index in [2.05, 4.69) is 51.7 Å². The van der Waals surface area contributed by atoms with Gasteiger partial charge in [0, 0.05) is 37.1 Å². The maximum atomic E-state index is 12.3. The van der Waals surface area contributed by atoms with Crippen molar-refractivity contribution in [3.63, 3.8) is 0 Å². The molecule has 10 heteroatoms. The number of fused-ring (bicyclic) bond motifs is 2. The smallest absolute Gasteiger partial charge is 0.318 e. The number of hydrogen-bond donors (Lipinski definition) is 1. The summed E-state index contributed by atoms with van der Waals surface area (Å²) in [7, 11) is 1.57. The Morgan fingerprint density at radius 2 is 2.17 bits per heavy atom. The van der Waals surface area contributed by atoms with Crippen LogP contribution >= 0.6 is 0 Å². The zero-order valence-corrected chi connectivity index (χ0v) is 20.0. The Morgan fingerprint density at radius 3 is 2.94 bits per heavy atom. The Bertz CT molecular complexity index is 1330. The maximum Gasteiger partial charge on any atom is 0.318 e. The van der Waals surface area contributed by atoms with Gasteiger partial charge >= 0.3 is 6.01 Å². The second kappa shape index (κ2) is 9.25. The molecule has 5 rings (SSSR count). The topological polar surface area (TPSA) is 114 Å². The minimum absolute atomic E-state index is 0.147. The number of methoxy groups -OCH3 is 1. The maximum absolute atomic E-state index is 12.3. The molecule has 1 unspecified atom stereocenters. The lowest BCUT2D eigenvalue weighted by Gasteiger charge is -2.42. The molecular formula is C25H28N8O2. The first kappa shape index (κ1) is 22.7.